The molecule has 0 saturated heterocycles. The van der Waals surface area contributed by atoms with Crippen molar-refractivity contribution in [1.82, 2.24) is 15.2 Å². The fraction of sp³-hybridized carbons (Fsp3) is 0.0870. The Kier molecular flexibility index (Phi) is 5.62. The van der Waals surface area contributed by atoms with Crippen LogP contribution in [0.1, 0.15) is 12.2 Å². The van der Waals surface area contributed by atoms with E-state index >= 15 is 0 Å². The highest BCUT2D eigenvalue weighted by molar-refractivity contribution is 5.80. The van der Waals surface area contributed by atoms with Crippen LogP contribution in [0.2, 0.25) is 0 Å². The van der Waals surface area contributed by atoms with Crippen LogP contribution in [0, 0.1) is 0 Å². The van der Waals surface area contributed by atoms with Crippen LogP contribution in [0.5, 0.6) is 0 Å². The summed E-state index contributed by atoms with van der Waals surface area (Å²) in [6, 6.07) is 25.6. The number of hydrogen-bond acceptors (Lipinski definition) is 4. The summed E-state index contributed by atoms with van der Waals surface area (Å²) in [5, 5.41) is 8.64. The molecule has 6 heteroatoms. The Labute approximate surface area is 168 Å². The van der Waals surface area contributed by atoms with Crippen molar-refractivity contribution >= 4 is 12.1 Å². The number of carbonyl (C=O) groups is 1. The van der Waals surface area contributed by atoms with E-state index in [0.717, 1.165) is 22.5 Å². The standard InChI is InChI=1S/C23H20N4O2/c28-23(25-24-17-20-12-7-15-29-20)13-14-27-22(19-10-5-2-6-11-19)16-21(26-27)18-8-3-1-4-9-18/h1-12,15-17H,13-14H2,(H,25,28)/b24-17-. The molecule has 1 amide bonds. The second kappa shape index (κ2) is 8.84. The molecule has 0 fully saturated rings. The summed E-state index contributed by atoms with van der Waals surface area (Å²) in [6.45, 7) is 0.444. The molecule has 0 aliphatic carbocycles. The number of hydrazone groups is 1. The molecule has 144 valence electrons. The second-order valence-corrected chi connectivity index (χ2v) is 6.43. The molecule has 6 nitrogen and oxygen atoms in total. The maximum Gasteiger partial charge on any atom is 0.241 e. The normalized spacial score (nSPS) is 11.0. The minimum atomic E-state index is -0.191. The molecule has 0 aliphatic rings. The van der Waals surface area contributed by atoms with Crippen LogP contribution < -0.4 is 5.43 Å². The maximum absolute atomic E-state index is 12.2. The van der Waals surface area contributed by atoms with Gasteiger partial charge in [0, 0.05) is 12.0 Å². The number of amides is 1. The van der Waals surface area contributed by atoms with Gasteiger partial charge in [0.25, 0.3) is 0 Å². The quantitative estimate of drug-likeness (QED) is 0.380. The van der Waals surface area contributed by atoms with Crippen molar-refractivity contribution in [3.05, 3.63) is 90.9 Å². The topological polar surface area (TPSA) is 72.4 Å². The highest BCUT2D eigenvalue weighted by Crippen LogP contribution is 2.26. The average Bonchev–Trinajstić information content (AvgIpc) is 3.44. The molecule has 1 N–H and O–H groups in total. The number of aromatic nitrogens is 2. The first kappa shape index (κ1) is 18.4. The number of hydrogen-bond donors (Lipinski definition) is 1. The molecule has 0 bridgehead atoms. The van der Waals surface area contributed by atoms with E-state index in [0.29, 0.717) is 12.3 Å². The van der Waals surface area contributed by atoms with Crippen LogP contribution in [0.3, 0.4) is 0 Å². The molecule has 2 aromatic carbocycles. The van der Waals surface area contributed by atoms with E-state index in [-0.39, 0.29) is 12.3 Å². The van der Waals surface area contributed by atoms with Crippen molar-refractivity contribution in [2.45, 2.75) is 13.0 Å². The van der Waals surface area contributed by atoms with E-state index in [1.165, 1.54) is 6.21 Å². The number of rotatable bonds is 7. The SMILES string of the molecule is O=C(CCn1nc(-c2ccccc2)cc1-c1ccccc1)N/N=C\c1ccco1. The van der Waals surface area contributed by atoms with Gasteiger partial charge in [-0.1, -0.05) is 60.7 Å². The van der Waals surface area contributed by atoms with Crippen LogP contribution >= 0.6 is 0 Å². The van der Waals surface area contributed by atoms with Crippen molar-refractivity contribution in [3.63, 3.8) is 0 Å². The molecule has 4 rings (SSSR count). The molecule has 0 unspecified atom stereocenters. The summed E-state index contributed by atoms with van der Waals surface area (Å²) in [7, 11) is 0. The summed E-state index contributed by atoms with van der Waals surface area (Å²) in [4.78, 5) is 12.2. The lowest BCUT2D eigenvalue weighted by atomic mass is 10.1. The van der Waals surface area contributed by atoms with Gasteiger partial charge in [0.1, 0.15) is 5.76 Å². The Bertz CT molecular complexity index is 1080. The lowest BCUT2D eigenvalue weighted by Crippen LogP contribution is -2.20. The first-order valence-electron chi connectivity index (χ1n) is 9.34. The van der Waals surface area contributed by atoms with Gasteiger partial charge in [0.2, 0.25) is 5.91 Å². The Morgan fingerprint density at radius 2 is 1.72 bits per heavy atom. The fourth-order valence-corrected chi connectivity index (χ4v) is 2.97. The largest absolute Gasteiger partial charge is 0.463 e. The summed E-state index contributed by atoms with van der Waals surface area (Å²) >= 11 is 0. The molecule has 0 saturated carbocycles. The fourth-order valence-electron chi connectivity index (χ4n) is 2.97. The first-order chi connectivity index (χ1) is 14.3. The Morgan fingerprint density at radius 3 is 2.41 bits per heavy atom. The van der Waals surface area contributed by atoms with Gasteiger partial charge in [-0.3, -0.25) is 9.48 Å². The molecule has 0 aliphatic heterocycles. The molecule has 29 heavy (non-hydrogen) atoms. The van der Waals surface area contributed by atoms with Crippen LogP contribution in [-0.4, -0.2) is 21.9 Å². The highest BCUT2D eigenvalue weighted by atomic mass is 16.3. The summed E-state index contributed by atoms with van der Waals surface area (Å²) in [5.74, 6) is 0.389. The van der Waals surface area contributed by atoms with Gasteiger partial charge in [0.05, 0.1) is 30.4 Å². The lowest BCUT2D eigenvalue weighted by molar-refractivity contribution is -0.121. The van der Waals surface area contributed by atoms with Crippen LogP contribution in [0.4, 0.5) is 0 Å². The molecule has 2 aromatic heterocycles. The Balaban J connectivity index is 1.49. The molecule has 4 aromatic rings. The van der Waals surface area contributed by atoms with Crippen molar-refractivity contribution in [2.75, 3.05) is 0 Å². The van der Waals surface area contributed by atoms with Crippen molar-refractivity contribution in [2.24, 2.45) is 5.10 Å². The minimum absolute atomic E-state index is 0.191. The third-order valence-corrected chi connectivity index (χ3v) is 4.39. The average molecular weight is 384 g/mol. The molecular formula is C23H20N4O2. The van der Waals surface area contributed by atoms with Crippen molar-refractivity contribution in [3.8, 4) is 22.5 Å². The van der Waals surface area contributed by atoms with E-state index in [1.807, 2.05) is 65.3 Å². The summed E-state index contributed by atoms with van der Waals surface area (Å²) in [5.41, 5.74) is 6.45. The predicted octanol–water partition coefficient (Wildman–Crippen LogP) is 4.35. The van der Waals surface area contributed by atoms with E-state index in [1.54, 1.807) is 18.4 Å². The molecule has 0 atom stereocenters. The summed E-state index contributed by atoms with van der Waals surface area (Å²) < 4.78 is 7.01. The van der Waals surface area contributed by atoms with Gasteiger partial charge in [-0.2, -0.15) is 10.2 Å². The second-order valence-electron chi connectivity index (χ2n) is 6.43. The zero-order chi connectivity index (χ0) is 19.9. The molecule has 0 spiro atoms. The first-order valence-corrected chi connectivity index (χ1v) is 9.34. The minimum Gasteiger partial charge on any atom is -0.463 e. The third-order valence-electron chi connectivity index (χ3n) is 4.39. The van der Waals surface area contributed by atoms with E-state index in [2.05, 4.69) is 16.6 Å². The lowest BCUT2D eigenvalue weighted by Gasteiger charge is -2.07. The molecular weight excluding hydrogens is 364 g/mol. The Morgan fingerprint density at radius 1 is 1.00 bits per heavy atom. The van der Waals surface area contributed by atoms with Crippen LogP contribution in [0.25, 0.3) is 22.5 Å². The summed E-state index contributed by atoms with van der Waals surface area (Å²) in [6.07, 6.45) is 3.27. The number of nitrogens with one attached hydrogen (secondary N) is 1. The number of benzene rings is 2. The Hall–Kier alpha value is -3.93. The monoisotopic (exact) mass is 384 g/mol. The van der Waals surface area contributed by atoms with Gasteiger partial charge >= 0.3 is 0 Å². The third kappa shape index (κ3) is 4.68. The van der Waals surface area contributed by atoms with Gasteiger partial charge in [-0.05, 0) is 23.8 Å². The van der Waals surface area contributed by atoms with Gasteiger partial charge in [-0.15, -0.1) is 0 Å². The zero-order valence-corrected chi connectivity index (χ0v) is 15.7. The number of furan rings is 1. The van der Waals surface area contributed by atoms with Crippen LogP contribution in [-0.2, 0) is 11.3 Å². The van der Waals surface area contributed by atoms with Crippen molar-refractivity contribution < 1.29 is 9.21 Å². The van der Waals surface area contributed by atoms with E-state index in [9.17, 15) is 4.79 Å². The van der Waals surface area contributed by atoms with Gasteiger partial charge < -0.3 is 4.42 Å². The van der Waals surface area contributed by atoms with Gasteiger partial charge in [0.15, 0.2) is 0 Å². The number of aryl methyl sites for hydroxylation is 1. The molecule has 2 heterocycles. The smallest absolute Gasteiger partial charge is 0.241 e. The zero-order valence-electron chi connectivity index (χ0n) is 15.7. The number of carbonyl (C=O) groups excluding carboxylic acids is 1. The molecule has 0 radical (unpaired) electrons. The van der Waals surface area contributed by atoms with Gasteiger partial charge in [-0.25, -0.2) is 5.43 Å². The maximum atomic E-state index is 12.2. The predicted molar refractivity (Wildman–Crippen MR) is 112 cm³/mol. The number of nitrogens with zero attached hydrogens (tertiary/aromatic N) is 3. The highest BCUT2D eigenvalue weighted by Gasteiger charge is 2.12. The van der Waals surface area contributed by atoms with E-state index < -0.39 is 0 Å². The van der Waals surface area contributed by atoms with Crippen LogP contribution in [0.15, 0.2) is 94.6 Å². The van der Waals surface area contributed by atoms with E-state index in [4.69, 9.17) is 9.52 Å². The van der Waals surface area contributed by atoms with Crippen molar-refractivity contribution in [1.29, 1.82) is 0 Å².